The van der Waals surface area contributed by atoms with Gasteiger partial charge in [0.2, 0.25) is 0 Å². The van der Waals surface area contributed by atoms with Crippen LogP contribution in [0.25, 0.3) is 0 Å². The van der Waals surface area contributed by atoms with Crippen molar-refractivity contribution in [2.24, 2.45) is 0 Å². The van der Waals surface area contributed by atoms with Crippen LogP contribution in [0.1, 0.15) is 13.8 Å². The first kappa shape index (κ1) is 6.62. The van der Waals surface area contributed by atoms with E-state index < -0.39 is 0 Å². The van der Waals surface area contributed by atoms with Gasteiger partial charge < -0.3 is 0 Å². The second-order valence-electron chi connectivity index (χ2n) is 3.86. The fourth-order valence-corrected chi connectivity index (χ4v) is 2.10. The van der Waals surface area contributed by atoms with E-state index in [0.717, 1.165) is 18.1 Å². The van der Waals surface area contributed by atoms with E-state index in [-0.39, 0.29) is 0 Å². The molecule has 2 saturated heterocycles. The molecule has 2 atom stereocenters. The van der Waals surface area contributed by atoms with E-state index in [1.165, 1.54) is 13.1 Å². The van der Waals surface area contributed by atoms with Crippen molar-refractivity contribution in [3.8, 4) is 0 Å². The second-order valence-corrected chi connectivity index (χ2v) is 3.86. The van der Waals surface area contributed by atoms with Crippen LogP contribution in [0.3, 0.4) is 0 Å². The first-order valence-electron chi connectivity index (χ1n) is 4.16. The highest BCUT2D eigenvalue weighted by molar-refractivity contribution is 5.07. The zero-order valence-electron chi connectivity index (χ0n) is 7.04. The van der Waals surface area contributed by atoms with E-state index in [1.807, 2.05) is 0 Å². The van der Waals surface area contributed by atoms with Crippen molar-refractivity contribution in [2.45, 2.75) is 32.0 Å². The van der Waals surface area contributed by atoms with Crippen molar-refractivity contribution < 1.29 is 0 Å². The largest absolute Gasteiger partial charge is 0.299 e. The maximum absolute atomic E-state index is 2.59. The summed E-state index contributed by atoms with van der Waals surface area (Å²) in [4.78, 5) is 5.04. The van der Waals surface area contributed by atoms with Crippen LogP contribution in [0.4, 0.5) is 0 Å². The van der Waals surface area contributed by atoms with E-state index in [0.29, 0.717) is 0 Å². The first-order valence-corrected chi connectivity index (χ1v) is 4.16. The Morgan fingerprint density at radius 2 is 1.90 bits per heavy atom. The number of fused-ring (bicyclic) bond motifs is 1. The van der Waals surface area contributed by atoms with E-state index in [2.05, 4.69) is 30.7 Å². The molecule has 0 N–H and O–H groups in total. The highest BCUT2D eigenvalue weighted by Gasteiger charge is 2.49. The van der Waals surface area contributed by atoms with Gasteiger partial charge in [0.05, 0.1) is 0 Å². The van der Waals surface area contributed by atoms with Gasteiger partial charge in [0.15, 0.2) is 0 Å². The molecule has 0 aromatic rings. The third-order valence-electron chi connectivity index (χ3n) is 2.97. The summed E-state index contributed by atoms with van der Waals surface area (Å²) in [5, 5.41) is 0. The molecular formula is C8H16N2. The van der Waals surface area contributed by atoms with Crippen LogP contribution in [0.2, 0.25) is 0 Å². The van der Waals surface area contributed by atoms with E-state index in [9.17, 15) is 0 Å². The molecule has 0 radical (unpaired) electrons. The fourth-order valence-electron chi connectivity index (χ4n) is 2.10. The van der Waals surface area contributed by atoms with Crippen LogP contribution in [-0.4, -0.2) is 48.1 Å². The molecule has 0 amide bonds. The van der Waals surface area contributed by atoms with E-state index in [4.69, 9.17) is 0 Å². The van der Waals surface area contributed by atoms with Gasteiger partial charge in [-0.2, -0.15) is 0 Å². The molecule has 0 saturated carbocycles. The molecule has 2 fully saturated rings. The quantitative estimate of drug-likeness (QED) is 0.520. The number of hydrogen-bond donors (Lipinski definition) is 0. The molecule has 2 heterocycles. The average Bonchev–Trinajstić information content (AvgIpc) is 1.81. The van der Waals surface area contributed by atoms with Crippen molar-refractivity contribution in [2.75, 3.05) is 20.1 Å². The highest BCUT2D eigenvalue weighted by atomic mass is 15.4. The normalized spacial score (nSPS) is 40.8. The van der Waals surface area contributed by atoms with Gasteiger partial charge in [-0.25, -0.2) is 0 Å². The first-order chi connectivity index (χ1) is 4.70. The molecule has 2 heteroatoms. The molecule has 2 unspecified atom stereocenters. The topological polar surface area (TPSA) is 6.48 Å². The predicted molar refractivity (Wildman–Crippen MR) is 42.0 cm³/mol. The van der Waals surface area contributed by atoms with Crippen LogP contribution < -0.4 is 0 Å². The summed E-state index contributed by atoms with van der Waals surface area (Å²) in [7, 11) is 2.22. The average molecular weight is 140 g/mol. The van der Waals surface area contributed by atoms with Gasteiger partial charge in [-0.15, -0.1) is 0 Å². The standard InChI is InChI=1S/C8H16N2/c1-6(2)10-5-7-8(10)4-9(7)3/h6-8H,4-5H2,1-3H3. The van der Waals surface area contributed by atoms with Gasteiger partial charge in [-0.1, -0.05) is 0 Å². The zero-order chi connectivity index (χ0) is 7.30. The minimum absolute atomic E-state index is 0.759. The Balaban J connectivity index is 1.89. The fraction of sp³-hybridized carbons (Fsp3) is 1.00. The summed E-state index contributed by atoms with van der Waals surface area (Å²) in [5.74, 6) is 0. The summed E-state index contributed by atoms with van der Waals surface area (Å²) >= 11 is 0. The predicted octanol–water partition coefficient (Wildman–Crippen LogP) is 0.393. The zero-order valence-corrected chi connectivity index (χ0v) is 7.04. The third kappa shape index (κ3) is 0.663. The molecule has 2 nitrogen and oxygen atoms in total. The van der Waals surface area contributed by atoms with Crippen LogP contribution >= 0.6 is 0 Å². The number of hydrogen-bond acceptors (Lipinski definition) is 2. The molecule has 2 aliphatic heterocycles. The van der Waals surface area contributed by atoms with Gasteiger partial charge in [-0.05, 0) is 20.9 Å². The lowest BCUT2D eigenvalue weighted by Gasteiger charge is -2.62. The Labute approximate surface area is 62.8 Å². The summed E-state index contributed by atoms with van der Waals surface area (Å²) in [5.41, 5.74) is 0. The third-order valence-corrected chi connectivity index (χ3v) is 2.97. The molecule has 0 aromatic heterocycles. The summed E-state index contributed by atoms with van der Waals surface area (Å²) in [6, 6.07) is 2.57. The van der Waals surface area contributed by atoms with Crippen molar-refractivity contribution >= 4 is 0 Å². The number of rotatable bonds is 1. The van der Waals surface area contributed by atoms with Gasteiger partial charge in [0.1, 0.15) is 0 Å². The summed E-state index contributed by atoms with van der Waals surface area (Å²) < 4.78 is 0. The van der Waals surface area contributed by atoms with Crippen LogP contribution in [0, 0.1) is 0 Å². The molecule has 0 bridgehead atoms. The van der Waals surface area contributed by atoms with Crippen LogP contribution in [0.5, 0.6) is 0 Å². The Hall–Kier alpha value is -0.0800. The summed E-state index contributed by atoms with van der Waals surface area (Å²) in [6.45, 7) is 7.17. The monoisotopic (exact) mass is 140 g/mol. The van der Waals surface area contributed by atoms with Crippen molar-refractivity contribution in [3.05, 3.63) is 0 Å². The van der Waals surface area contributed by atoms with Gasteiger partial charge in [0.25, 0.3) is 0 Å². The Morgan fingerprint density at radius 3 is 2.20 bits per heavy atom. The smallest absolute Gasteiger partial charge is 0.0394 e. The van der Waals surface area contributed by atoms with Crippen molar-refractivity contribution in [1.29, 1.82) is 0 Å². The summed E-state index contributed by atoms with van der Waals surface area (Å²) in [6.07, 6.45) is 0. The lowest BCUT2D eigenvalue weighted by Crippen LogP contribution is -2.78. The molecule has 2 aliphatic rings. The highest BCUT2D eigenvalue weighted by Crippen LogP contribution is 2.33. The molecule has 10 heavy (non-hydrogen) atoms. The lowest BCUT2D eigenvalue weighted by atomic mass is 9.85. The van der Waals surface area contributed by atoms with E-state index >= 15 is 0 Å². The molecule has 0 spiro atoms. The van der Waals surface area contributed by atoms with Gasteiger partial charge >= 0.3 is 0 Å². The van der Waals surface area contributed by atoms with Crippen LogP contribution in [0.15, 0.2) is 0 Å². The van der Waals surface area contributed by atoms with Gasteiger partial charge in [-0.3, -0.25) is 9.80 Å². The van der Waals surface area contributed by atoms with Crippen LogP contribution in [-0.2, 0) is 0 Å². The van der Waals surface area contributed by atoms with Crippen molar-refractivity contribution in [1.82, 2.24) is 9.80 Å². The maximum Gasteiger partial charge on any atom is 0.0394 e. The Bertz CT molecular complexity index is 144. The molecule has 0 aromatic carbocycles. The second kappa shape index (κ2) is 1.95. The number of likely N-dealkylation sites (N-methyl/N-ethyl adjacent to an activating group) is 1. The molecule has 0 aliphatic carbocycles. The lowest BCUT2D eigenvalue weighted by molar-refractivity contribution is -0.125. The molecule has 2 rings (SSSR count). The molecular weight excluding hydrogens is 124 g/mol. The molecule has 58 valence electrons. The minimum atomic E-state index is 0.759. The SMILES string of the molecule is CC(C)N1CC2C1CN2C. The Kier molecular flexibility index (Phi) is 1.29. The van der Waals surface area contributed by atoms with E-state index in [1.54, 1.807) is 0 Å². The number of nitrogens with zero attached hydrogens (tertiary/aromatic N) is 2. The Morgan fingerprint density at radius 1 is 1.20 bits per heavy atom. The maximum atomic E-state index is 2.59. The number of piperazine rings is 1. The minimum Gasteiger partial charge on any atom is -0.299 e. The van der Waals surface area contributed by atoms with Gasteiger partial charge in [0, 0.05) is 31.2 Å². The van der Waals surface area contributed by atoms with Crippen molar-refractivity contribution in [3.63, 3.8) is 0 Å². The number of likely N-dealkylation sites (tertiary alicyclic amines) is 2.